The van der Waals surface area contributed by atoms with Crippen LogP contribution in [0, 0.1) is 29.0 Å². The number of rotatable bonds is 10. The topological polar surface area (TPSA) is 66.2 Å². The zero-order valence-corrected chi connectivity index (χ0v) is 22.7. The van der Waals surface area contributed by atoms with Crippen molar-refractivity contribution in [1.82, 2.24) is 14.7 Å². The maximum Gasteiger partial charge on any atom is 0.242 e. The summed E-state index contributed by atoms with van der Waals surface area (Å²) < 4.78 is 24.6. The quantitative estimate of drug-likeness (QED) is 0.452. The van der Waals surface area contributed by atoms with E-state index < -0.39 is 0 Å². The van der Waals surface area contributed by atoms with Gasteiger partial charge in [-0.05, 0) is 86.1 Å². The Bertz CT molecular complexity index is 1090. The normalized spacial score (nSPS) is 28.0. The summed E-state index contributed by atoms with van der Waals surface area (Å²) in [6.45, 7) is 5.06. The Morgan fingerprint density at radius 1 is 0.923 bits per heavy atom. The highest BCUT2D eigenvalue weighted by molar-refractivity contribution is 5.88. The van der Waals surface area contributed by atoms with Crippen LogP contribution in [-0.2, 0) is 27.4 Å². The number of halogens is 1. The number of furan rings is 1. The van der Waals surface area contributed by atoms with Crippen molar-refractivity contribution >= 4 is 11.8 Å². The van der Waals surface area contributed by atoms with E-state index in [1.54, 1.807) is 29.4 Å². The summed E-state index contributed by atoms with van der Waals surface area (Å²) in [5, 5.41) is 0. The predicted molar refractivity (Wildman–Crippen MR) is 144 cm³/mol. The van der Waals surface area contributed by atoms with Crippen LogP contribution in [0.1, 0.15) is 49.8 Å². The second-order valence-corrected chi connectivity index (χ2v) is 12.3. The van der Waals surface area contributed by atoms with E-state index in [-0.39, 0.29) is 29.6 Å². The van der Waals surface area contributed by atoms with Gasteiger partial charge in [-0.1, -0.05) is 12.1 Å². The van der Waals surface area contributed by atoms with Gasteiger partial charge in [-0.25, -0.2) is 4.39 Å². The molecule has 0 spiro atoms. The Kier molecular flexibility index (Phi) is 7.76. The fourth-order valence-corrected chi connectivity index (χ4v) is 7.94. The molecule has 2 amide bonds. The molecule has 4 aliphatic carbocycles. The molecule has 2 aromatic rings. The number of benzene rings is 1. The van der Waals surface area contributed by atoms with Gasteiger partial charge in [-0.15, -0.1) is 0 Å². The lowest BCUT2D eigenvalue weighted by atomic mass is 9.49. The van der Waals surface area contributed by atoms with Gasteiger partial charge in [0.1, 0.15) is 11.6 Å². The van der Waals surface area contributed by atoms with Gasteiger partial charge in [-0.3, -0.25) is 14.5 Å². The van der Waals surface area contributed by atoms with E-state index in [2.05, 4.69) is 4.90 Å². The molecule has 5 fully saturated rings. The predicted octanol–water partition coefficient (Wildman–Crippen LogP) is 4.32. The molecule has 0 atom stereocenters. The molecule has 8 heteroatoms. The second-order valence-electron chi connectivity index (χ2n) is 12.3. The molecule has 7 nitrogen and oxygen atoms in total. The molecule has 4 saturated carbocycles. The molecule has 39 heavy (non-hydrogen) atoms. The van der Waals surface area contributed by atoms with Gasteiger partial charge in [0.25, 0.3) is 0 Å². The van der Waals surface area contributed by atoms with Crippen molar-refractivity contribution < 1.29 is 23.1 Å². The van der Waals surface area contributed by atoms with Crippen LogP contribution in [0.3, 0.4) is 0 Å². The molecule has 0 radical (unpaired) electrons. The summed E-state index contributed by atoms with van der Waals surface area (Å²) in [5.41, 5.74) is 0.534. The fraction of sp³-hybridized carbons (Fsp3) is 0.613. The van der Waals surface area contributed by atoms with Gasteiger partial charge in [0.15, 0.2) is 0 Å². The lowest BCUT2D eigenvalue weighted by Gasteiger charge is -2.56. The monoisotopic (exact) mass is 537 g/mol. The van der Waals surface area contributed by atoms with Gasteiger partial charge in [0.2, 0.25) is 11.8 Å². The Morgan fingerprint density at radius 3 is 2.21 bits per heavy atom. The first-order valence-electron chi connectivity index (χ1n) is 14.6. The van der Waals surface area contributed by atoms with Gasteiger partial charge in [0.05, 0.1) is 38.0 Å². The first kappa shape index (κ1) is 26.5. The van der Waals surface area contributed by atoms with Crippen LogP contribution in [0.25, 0.3) is 0 Å². The number of carbonyl (C=O) groups excluding carboxylic acids is 2. The number of nitrogens with zero attached hydrogens (tertiary/aromatic N) is 3. The number of ether oxygens (including phenoxy) is 1. The van der Waals surface area contributed by atoms with Crippen molar-refractivity contribution in [3.63, 3.8) is 0 Å². The molecule has 2 heterocycles. The van der Waals surface area contributed by atoms with Crippen molar-refractivity contribution in [3.8, 4) is 0 Å². The lowest BCUT2D eigenvalue weighted by molar-refractivity contribution is -0.160. The van der Waals surface area contributed by atoms with E-state index in [0.29, 0.717) is 56.4 Å². The molecule has 5 aliphatic rings. The van der Waals surface area contributed by atoms with E-state index in [9.17, 15) is 14.0 Å². The van der Waals surface area contributed by atoms with Gasteiger partial charge >= 0.3 is 0 Å². The van der Waals surface area contributed by atoms with Crippen LogP contribution >= 0.6 is 0 Å². The first-order chi connectivity index (χ1) is 19.0. The van der Waals surface area contributed by atoms with Crippen LogP contribution in [0.4, 0.5) is 4.39 Å². The van der Waals surface area contributed by atoms with Crippen molar-refractivity contribution in [1.29, 1.82) is 0 Å². The van der Waals surface area contributed by atoms with Crippen LogP contribution in [0.15, 0.2) is 47.1 Å². The van der Waals surface area contributed by atoms with Crippen molar-refractivity contribution in [3.05, 3.63) is 59.8 Å². The molecule has 7 rings (SSSR count). The molecule has 210 valence electrons. The summed E-state index contributed by atoms with van der Waals surface area (Å²) in [5.74, 6) is 2.41. The molecule has 1 saturated heterocycles. The molecule has 4 bridgehead atoms. The van der Waals surface area contributed by atoms with E-state index >= 15 is 0 Å². The second kappa shape index (κ2) is 11.4. The van der Waals surface area contributed by atoms with E-state index in [0.717, 1.165) is 44.5 Å². The summed E-state index contributed by atoms with van der Waals surface area (Å²) >= 11 is 0. The summed E-state index contributed by atoms with van der Waals surface area (Å²) in [4.78, 5) is 34.2. The number of hydrogen-bond acceptors (Lipinski definition) is 5. The highest BCUT2D eigenvalue weighted by Gasteiger charge is 2.55. The zero-order valence-electron chi connectivity index (χ0n) is 22.7. The molecular weight excluding hydrogens is 497 g/mol. The Balaban J connectivity index is 1.21. The zero-order chi connectivity index (χ0) is 26.8. The number of amides is 2. The van der Waals surface area contributed by atoms with Gasteiger partial charge in [0, 0.05) is 32.7 Å². The van der Waals surface area contributed by atoms with E-state index in [1.807, 2.05) is 11.0 Å². The molecular formula is C31H40FN3O4. The Morgan fingerprint density at radius 2 is 1.59 bits per heavy atom. The van der Waals surface area contributed by atoms with Crippen molar-refractivity contribution in [2.75, 3.05) is 45.9 Å². The first-order valence-corrected chi connectivity index (χ1v) is 14.6. The maximum absolute atomic E-state index is 14.4. The van der Waals surface area contributed by atoms with E-state index in [4.69, 9.17) is 9.15 Å². The van der Waals surface area contributed by atoms with Gasteiger partial charge in [-0.2, -0.15) is 0 Å². The van der Waals surface area contributed by atoms with Crippen molar-refractivity contribution in [2.24, 2.45) is 23.2 Å². The highest BCUT2D eigenvalue weighted by atomic mass is 19.1. The van der Waals surface area contributed by atoms with Gasteiger partial charge < -0.3 is 19.0 Å². The number of hydrogen-bond donors (Lipinski definition) is 0. The van der Waals surface area contributed by atoms with Crippen LogP contribution < -0.4 is 0 Å². The average molecular weight is 538 g/mol. The Labute approximate surface area is 230 Å². The van der Waals surface area contributed by atoms with Crippen LogP contribution in [0.5, 0.6) is 0 Å². The molecule has 1 aromatic heterocycles. The molecule has 0 N–H and O–H groups in total. The molecule has 1 aliphatic heterocycles. The van der Waals surface area contributed by atoms with Crippen LogP contribution in [-0.4, -0.2) is 72.5 Å². The van der Waals surface area contributed by atoms with Crippen LogP contribution in [0.2, 0.25) is 0 Å². The lowest BCUT2D eigenvalue weighted by Crippen LogP contribution is -2.57. The van der Waals surface area contributed by atoms with Crippen molar-refractivity contribution in [2.45, 2.75) is 51.6 Å². The number of morpholine rings is 1. The summed E-state index contributed by atoms with van der Waals surface area (Å²) in [6.07, 6.45) is 8.35. The summed E-state index contributed by atoms with van der Waals surface area (Å²) in [7, 11) is 0. The minimum Gasteiger partial charge on any atom is -0.467 e. The third kappa shape index (κ3) is 6.07. The Hall–Kier alpha value is -2.71. The highest BCUT2D eigenvalue weighted by Crippen LogP contribution is 2.60. The molecule has 1 aromatic carbocycles. The minimum absolute atomic E-state index is 0.0484. The summed E-state index contributed by atoms with van der Waals surface area (Å²) in [6, 6.07) is 9.89. The SMILES string of the molecule is O=C(CN(CCN1CCOCC1)C(=O)C12CC3CC(CC(C3)C1)C2)N(Cc1ccc(F)cc1)Cc1ccco1. The smallest absolute Gasteiger partial charge is 0.242 e. The maximum atomic E-state index is 14.4. The minimum atomic E-state index is -0.307. The fourth-order valence-electron chi connectivity index (χ4n) is 7.94. The average Bonchev–Trinajstić information content (AvgIpc) is 3.44. The van der Waals surface area contributed by atoms with E-state index in [1.165, 1.54) is 31.4 Å². The third-order valence-electron chi connectivity index (χ3n) is 9.46. The third-order valence-corrected chi connectivity index (χ3v) is 9.46. The number of carbonyl (C=O) groups is 2. The largest absolute Gasteiger partial charge is 0.467 e. The standard InChI is InChI=1S/C31H40FN3O4/c32-27-5-3-23(4-6-27)20-35(21-28-2-1-11-39-28)29(36)22-34(8-7-33-9-12-38-13-10-33)30(37)31-17-24-14-25(18-31)16-26(15-24)19-31/h1-6,11,24-26H,7-10,12-22H2. The molecule has 0 unspecified atom stereocenters.